The highest BCUT2D eigenvalue weighted by molar-refractivity contribution is 5.86. The Morgan fingerprint density at radius 3 is 2.50 bits per heavy atom. The molecule has 0 radical (unpaired) electrons. The van der Waals surface area contributed by atoms with E-state index in [2.05, 4.69) is 30.1 Å². The van der Waals surface area contributed by atoms with Crippen LogP contribution in [0, 0.1) is 6.92 Å². The number of amides is 1. The number of aryl methyl sites for hydroxylation is 1. The summed E-state index contributed by atoms with van der Waals surface area (Å²) in [5.41, 5.74) is 5.05. The lowest BCUT2D eigenvalue weighted by Gasteiger charge is -2.20. The summed E-state index contributed by atoms with van der Waals surface area (Å²) in [6.45, 7) is 6.18. The first-order valence-electron chi connectivity index (χ1n) is 9.87. The standard InChI is InChI=1S/C23H26N2O3/c1-3-27-17-5-7-18(8-6-17)28-15-23(26)25-12-10-19-20-14-16(2)4-9-21(20)24-22(19)11-13-25/h4-9,14,24H,3,10-13,15H2,1-2H3. The van der Waals surface area contributed by atoms with Crippen LogP contribution in [0.25, 0.3) is 10.9 Å². The first-order chi connectivity index (χ1) is 13.6. The van der Waals surface area contributed by atoms with Gasteiger partial charge in [-0.2, -0.15) is 0 Å². The molecule has 1 aliphatic heterocycles. The Balaban J connectivity index is 1.37. The number of nitrogens with one attached hydrogen (secondary N) is 1. The van der Waals surface area contributed by atoms with Gasteiger partial charge < -0.3 is 19.4 Å². The van der Waals surface area contributed by atoms with Crippen molar-refractivity contribution < 1.29 is 14.3 Å². The number of benzene rings is 2. The van der Waals surface area contributed by atoms with Crippen molar-refractivity contribution in [2.24, 2.45) is 0 Å². The normalized spacial score (nSPS) is 13.9. The minimum Gasteiger partial charge on any atom is -0.494 e. The quantitative estimate of drug-likeness (QED) is 0.733. The van der Waals surface area contributed by atoms with E-state index < -0.39 is 0 Å². The largest absolute Gasteiger partial charge is 0.494 e. The molecule has 0 atom stereocenters. The third-order valence-electron chi connectivity index (χ3n) is 5.26. The monoisotopic (exact) mass is 378 g/mol. The number of H-pyrrole nitrogens is 1. The Kier molecular flexibility index (Phi) is 5.24. The van der Waals surface area contributed by atoms with Crippen molar-refractivity contribution in [3.8, 4) is 11.5 Å². The lowest BCUT2D eigenvalue weighted by atomic mass is 10.1. The van der Waals surface area contributed by atoms with Gasteiger partial charge in [-0.25, -0.2) is 0 Å². The fraction of sp³-hybridized carbons (Fsp3) is 0.348. The second-order valence-electron chi connectivity index (χ2n) is 7.21. The molecule has 4 rings (SSSR count). The van der Waals surface area contributed by atoms with Gasteiger partial charge in [-0.15, -0.1) is 0 Å². The van der Waals surface area contributed by atoms with Gasteiger partial charge in [0.1, 0.15) is 11.5 Å². The Morgan fingerprint density at radius 2 is 1.75 bits per heavy atom. The number of aromatic amines is 1. The van der Waals surface area contributed by atoms with Crippen molar-refractivity contribution in [3.63, 3.8) is 0 Å². The number of carbonyl (C=O) groups is 1. The van der Waals surface area contributed by atoms with Crippen molar-refractivity contribution in [1.82, 2.24) is 9.88 Å². The van der Waals surface area contributed by atoms with Crippen molar-refractivity contribution in [2.75, 3.05) is 26.3 Å². The van der Waals surface area contributed by atoms with Crippen molar-refractivity contribution in [1.29, 1.82) is 0 Å². The number of aromatic nitrogens is 1. The van der Waals surface area contributed by atoms with E-state index in [1.54, 1.807) is 0 Å². The van der Waals surface area contributed by atoms with E-state index in [0.717, 1.165) is 25.1 Å². The number of carbonyl (C=O) groups excluding carboxylic acids is 1. The average molecular weight is 378 g/mol. The van der Waals surface area contributed by atoms with E-state index in [1.165, 1.54) is 27.7 Å². The molecule has 5 nitrogen and oxygen atoms in total. The van der Waals surface area contributed by atoms with E-state index in [9.17, 15) is 4.79 Å². The number of fused-ring (bicyclic) bond motifs is 3. The van der Waals surface area contributed by atoms with Crippen LogP contribution in [0.1, 0.15) is 23.7 Å². The molecular weight excluding hydrogens is 352 g/mol. The molecule has 0 aliphatic carbocycles. The first kappa shape index (κ1) is 18.4. The Labute approximate surface area is 165 Å². The molecule has 0 unspecified atom stereocenters. The number of hydrogen-bond donors (Lipinski definition) is 1. The molecule has 3 aromatic rings. The minimum atomic E-state index is 0.0273. The van der Waals surface area contributed by atoms with E-state index in [4.69, 9.17) is 9.47 Å². The van der Waals surface area contributed by atoms with Crippen LogP contribution in [0.5, 0.6) is 11.5 Å². The molecule has 0 fully saturated rings. The highest BCUT2D eigenvalue weighted by Crippen LogP contribution is 2.27. The molecule has 2 aromatic carbocycles. The topological polar surface area (TPSA) is 54.6 Å². The van der Waals surface area contributed by atoms with Crippen LogP contribution < -0.4 is 9.47 Å². The molecule has 1 amide bonds. The maximum Gasteiger partial charge on any atom is 0.260 e. The SMILES string of the molecule is CCOc1ccc(OCC(=O)N2CCc3[nH]c4ccc(C)cc4c3CC2)cc1. The summed E-state index contributed by atoms with van der Waals surface area (Å²) in [7, 11) is 0. The molecular formula is C23H26N2O3. The van der Waals surface area contributed by atoms with Gasteiger partial charge in [-0.1, -0.05) is 11.6 Å². The van der Waals surface area contributed by atoms with Crippen molar-refractivity contribution >= 4 is 16.8 Å². The summed E-state index contributed by atoms with van der Waals surface area (Å²) in [5, 5.41) is 1.29. The van der Waals surface area contributed by atoms with E-state index in [0.29, 0.717) is 18.9 Å². The van der Waals surface area contributed by atoms with E-state index in [-0.39, 0.29) is 12.5 Å². The lowest BCUT2D eigenvalue weighted by Crippen LogP contribution is -2.36. The van der Waals surface area contributed by atoms with Gasteiger partial charge in [0.05, 0.1) is 6.61 Å². The van der Waals surface area contributed by atoms with Crippen LogP contribution in [0.15, 0.2) is 42.5 Å². The summed E-state index contributed by atoms with van der Waals surface area (Å²) in [5.74, 6) is 1.51. The number of rotatable bonds is 5. The number of hydrogen-bond acceptors (Lipinski definition) is 3. The minimum absolute atomic E-state index is 0.0273. The molecule has 5 heteroatoms. The van der Waals surface area contributed by atoms with Crippen LogP contribution >= 0.6 is 0 Å². The number of ether oxygens (including phenoxy) is 2. The molecule has 1 N–H and O–H groups in total. The zero-order valence-electron chi connectivity index (χ0n) is 16.5. The smallest absolute Gasteiger partial charge is 0.260 e. The molecule has 2 heterocycles. The Morgan fingerprint density at radius 1 is 1.04 bits per heavy atom. The zero-order chi connectivity index (χ0) is 19.5. The van der Waals surface area contributed by atoms with Gasteiger partial charge in [0.25, 0.3) is 5.91 Å². The highest BCUT2D eigenvalue weighted by atomic mass is 16.5. The Hall–Kier alpha value is -2.95. The summed E-state index contributed by atoms with van der Waals surface area (Å²) >= 11 is 0. The molecule has 28 heavy (non-hydrogen) atoms. The first-order valence-corrected chi connectivity index (χ1v) is 9.87. The fourth-order valence-electron chi connectivity index (χ4n) is 3.81. The molecule has 0 bridgehead atoms. The zero-order valence-corrected chi connectivity index (χ0v) is 16.5. The third-order valence-corrected chi connectivity index (χ3v) is 5.26. The summed E-state index contributed by atoms with van der Waals surface area (Å²) in [4.78, 5) is 18.1. The number of nitrogens with zero attached hydrogens (tertiary/aromatic N) is 1. The molecule has 1 aliphatic rings. The van der Waals surface area contributed by atoms with Crippen molar-refractivity contribution in [2.45, 2.75) is 26.7 Å². The van der Waals surface area contributed by atoms with Gasteiger partial charge in [0, 0.05) is 36.1 Å². The van der Waals surface area contributed by atoms with Gasteiger partial charge in [0.15, 0.2) is 6.61 Å². The molecule has 0 saturated carbocycles. The fourth-order valence-corrected chi connectivity index (χ4v) is 3.81. The van der Waals surface area contributed by atoms with E-state index >= 15 is 0 Å². The molecule has 1 aromatic heterocycles. The van der Waals surface area contributed by atoms with Crippen molar-refractivity contribution in [3.05, 3.63) is 59.3 Å². The van der Waals surface area contributed by atoms with Crippen LogP contribution in [0.2, 0.25) is 0 Å². The third kappa shape index (κ3) is 3.84. The maximum absolute atomic E-state index is 12.7. The molecule has 0 spiro atoms. The predicted octanol–water partition coefficient (Wildman–Crippen LogP) is 3.88. The van der Waals surface area contributed by atoms with Gasteiger partial charge in [-0.05, 0) is 62.2 Å². The maximum atomic E-state index is 12.7. The molecule has 146 valence electrons. The molecule has 0 saturated heterocycles. The highest BCUT2D eigenvalue weighted by Gasteiger charge is 2.21. The van der Waals surface area contributed by atoms with Gasteiger partial charge in [0.2, 0.25) is 0 Å². The lowest BCUT2D eigenvalue weighted by molar-refractivity contribution is -0.133. The van der Waals surface area contributed by atoms with Crippen LogP contribution in [0.4, 0.5) is 0 Å². The summed E-state index contributed by atoms with van der Waals surface area (Å²) < 4.78 is 11.1. The average Bonchev–Trinajstić information content (AvgIpc) is 2.90. The summed E-state index contributed by atoms with van der Waals surface area (Å²) in [6.07, 6.45) is 1.71. The van der Waals surface area contributed by atoms with Crippen LogP contribution in [0.3, 0.4) is 0 Å². The van der Waals surface area contributed by atoms with E-state index in [1.807, 2.05) is 36.1 Å². The summed E-state index contributed by atoms with van der Waals surface area (Å²) in [6, 6.07) is 13.9. The van der Waals surface area contributed by atoms with Crippen LogP contribution in [-0.2, 0) is 17.6 Å². The second kappa shape index (κ2) is 7.97. The van der Waals surface area contributed by atoms with Gasteiger partial charge >= 0.3 is 0 Å². The van der Waals surface area contributed by atoms with Gasteiger partial charge in [-0.3, -0.25) is 4.79 Å². The predicted molar refractivity (Wildman–Crippen MR) is 110 cm³/mol. The van der Waals surface area contributed by atoms with Crippen LogP contribution in [-0.4, -0.2) is 42.1 Å². The Bertz CT molecular complexity index is 975. The second-order valence-corrected chi connectivity index (χ2v) is 7.21.